The lowest BCUT2D eigenvalue weighted by molar-refractivity contribution is 1.15. The van der Waals surface area contributed by atoms with Crippen molar-refractivity contribution < 1.29 is 0 Å². The molecule has 0 radical (unpaired) electrons. The Morgan fingerprint density at radius 2 is 1.53 bits per heavy atom. The standard InChI is InChI=1S/C13H12ClN/c14-12-6-8-13(9-7-12)15-10-11-4-2-1-3-5-11/h1-9,15H,10H2. The van der Waals surface area contributed by atoms with Crippen LogP contribution in [-0.2, 0) is 6.54 Å². The van der Waals surface area contributed by atoms with Crippen molar-refractivity contribution in [1.82, 2.24) is 0 Å². The van der Waals surface area contributed by atoms with Crippen LogP contribution in [0.1, 0.15) is 5.56 Å². The SMILES string of the molecule is Clc1ccc(NCc2ccccc2)cc1. The second-order valence-electron chi connectivity index (χ2n) is 3.35. The van der Waals surface area contributed by atoms with E-state index in [-0.39, 0.29) is 0 Å². The fourth-order valence-corrected chi connectivity index (χ4v) is 1.49. The van der Waals surface area contributed by atoms with Gasteiger partial charge in [0.2, 0.25) is 0 Å². The maximum Gasteiger partial charge on any atom is 0.0407 e. The molecule has 0 unspecified atom stereocenters. The van der Waals surface area contributed by atoms with Crippen LogP contribution < -0.4 is 5.32 Å². The van der Waals surface area contributed by atoms with E-state index in [1.165, 1.54) is 5.56 Å². The normalized spacial score (nSPS) is 9.93. The molecule has 0 saturated heterocycles. The minimum absolute atomic E-state index is 0.764. The molecule has 2 aromatic rings. The summed E-state index contributed by atoms with van der Waals surface area (Å²) in [5.41, 5.74) is 2.36. The second kappa shape index (κ2) is 4.85. The number of nitrogens with one attached hydrogen (secondary N) is 1. The molecule has 1 nitrogen and oxygen atoms in total. The lowest BCUT2D eigenvalue weighted by atomic mass is 10.2. The van der Waals surface area contributed by atoms with Crippen LogP contribution in [0.3, 0.4) is 0 Å². The van der Waals surface area contributed by atoms with Gasteiger partial charge < -0.3 is 5.32 Å². The summed E-state index contributed by atoms with van der Waals surface area (Å²) in [6.07, 6.45) is 0. The van der Waals surface area contributed by atoms with E-state index >= 15 is 0 Å². The molecular weight excluding hydrogens is 206 g/mol. The number of hydrogen-bond donors (Lipinski definition) is 1. The fourth-order valence-electron chi connectivity index (χ4n) is 1.37. The Bertz CT molecular complexity index is 408. The number of anilines is 1. The van der Waals surface area contributed by atoms with Crippen molar-refractivity contribution in [2.24, 2.45) is 0 Å². The molecule has 15 heavy (non-hydrogen) atoms. The number of halogens is 1. The molecule has 76 valence electrons. The number of rotatable bonds is 3. The average molecular weight is 218 g/mol. The Kier molecular flexibility index (Phi) is 3.25. The molecule has 0 saturated carbocycles. The Balaban J connectivity index is 1.96. The molecule has 0 aliphatic carbocycles. The van der Waals surface area contributed by atoms with E-state index < -0.39 is 0 Å². The lowest BCUT2D eigenvalue weighted by Crippen LogP contribution is -1.98. The lowest BCUT2D eigenvalue weighted by Gasteiger charge is -2.06. The predicted octanol–water partition coefficient (Wildman–Crippen LogP) is 3.95. The molecule has 0 aliphatic heterocycles. The Morgan fingerprint density at radius 1 is 0.867 bits per heavy atom. The van der Waals surface area contributed by atoms with E-state index in [1.807, 2.05) is 42.5 Å². The largest absolute Gasteiger partial charge is 0.381 e. The first-order valence-electron chi connectivity index (χ1n) is 4.88. The summed E-state index contributed by atoms with van der Waals surface area (Å²) in [7, 11) is 0. The van der Waals surface area contributed by atoms with Crippen molar-refractivity contribution in [3.63, 3.8) is 0 Å². The Morgan fingerprint density at radius 3 is 2.20 bits per heavy atom. The van der Waals surface area contributed by atoms with Crippen LogP contribution in [0.15, 0.2) is 54.6 Å². The fraction of sp³-hybridized carbons (Fsp3) is 0.0769. The van der Waals surface area contributed by atoms with Crippen molar-refractivity contribution in [3.8, 4) is 0 Å². The van der Waals surface area contributed by atoms with Gasteiger partial charge in [0.15, 0.2) is 0 Å². The van der Waals surface area contributed by atoms with E-state index in [1.54, 1.807) is 0 Å². The third kappa shape index (κ3) is 3.00. The van der Waals surface area contributed by atoms with E-state index in [0.29, 0.717) is 0 Å². The van der Waals surface area contributed by atoms with Gasteiger partial charge in [-0.05, 0) is 29.8 Å². The first-order valence-corrected chi connectivity index (χ1v) is 5.26. The van der Waals surface area contributed by atoms with Crippen LogP contribution in [0.25, 0.3) is 0 Å². The second-order valence-corrected chi connectivity index (χ2v) is 3.78. The van der Waals surface area contributed by atoms with Gasteiger partial charge in [0.25, 0.3) is 0 Å². The highest BCUT2D eigenvalue weighted by molar-refractivity contribution is 6.30. The summed E-state index contributed by atoms with van der Waals surface area (Å²) in [4.78, 5) is 0. The third-order valence-electron chi connectivity index (χ3n) is 2.18. The van der Waals surface area contributed by atoms with Gasteiger partial charge in [-0.15, -0.1) is 0 Å². The maximum absolute atomic E-state index is 5.80. The van der Waals surface area contributed by atoms with E-state index in [0.717, 1.165) is 17.3 Å². The Labute approximate surface area is 94.7 Å². The Hall–Kier alpha value is -1.47. The molecule has 0 fully saturated rings. The molecule has 1 N–H and O–H groups in total. The first kappa shape index (κ1) is 10.1. The van der Waals surface area contributed by atoms with Crippen LogP contribution >= 0.6 is 11.6 Å². The van der Waals surface area contributed by atoms with Crippen molar-refractivity contribution in [2.75, 3.05) is 5.32 Å². The van der Waals surface area contributed by atoms with Gasteiger partial charge in [0.1, 0.15) is 0 Å². The van der Waals surface area contributed by atoms with Gasteiger partial charge in [0.05, 0.1) is 0 Å². The van der Waals surface area contributed by atoms with Gasteiger partial charge in [0, 0.05) is 17.3 Å². The predicted molar refractivity (Wildman–Crippen MR) is 65.2 cm³/mol. The maximum atomic E-state index is 5.80. The van der Waals surface area contributed by atoms with Gasteiger partial charge in [-0.1, -0.05) is 41.9 Å². The van der Waals surface area contributed by atoms with Crippen LogP contribution in [0.2, 0.25) is 5.02 Å². The highest BCUT2D eigenvalue weighted by Crippen LogP contribution is 2.14. The summed E-state index contributed by atoms with van der Waals surface area (Å²) >= 11 is 5.80. The van der Waals surface area contributed by atoms with Crippen LogP contribution in [0, 0.1) is 0 Å². The van der Waals surface area contributed by atoms with Crippen molar-refractivity contribution in [3.05, 3.63) is 65.2 Å². The smallest absolute Gasteiger partial charge is 0.0407 e. The van der Waals surface area contributed by atoms with Gasteiger partial charge in [-0.2, -0.15) is 0 Å². The minimum atomic E-state index is 0.764. The molecule has 0 spiro atoms. The molecule has 0 amide bonds. The van der Waals surface area contributed by atoms with E-state index in [2.05, 4.69) is 17.4 Å². The molecule has 0 aliphatic rings. The highest BCUT2D eigenvalue weighted by atomic mass is 35.5. The van der Waals surface area contributed by atoms with E-state index in [9.17, 15) is 0 Å². The van der Waals surface area contributed by atoms with Crippen molar-refractivity contribution >= 4 is 17.3 Å². The zero-order valence-electron chi connectivity index (χ0n) is 8.28. The summed E-state index contributed by atoms with van der Waals surface area (Å²) in [6.45, 7) is 0.836. The molecule has 0 atom stereocenters. The molecule has 2 heteroatoms. The van der Waals surface area contributed by atoms with Crippen molar-refractivity contribution in [2.45, 2.75) is 6.54 Å². The monoisotopic (exact) mass is 217 g/mol. The molecular formula is C13H12ClN. The average Bonchev–Trinajstić information content (AvgIpc) is 2.30. The molecule has 0 aromatic heterocycles. The van der Waals surface area contributed by atoms with Gasteiger partial charge in [-0.25, -0.2) is 0 Å². The van der Waals surface area contributed by atoms with Crippen LogP contribution in [0.4, 0.5) is 5.69 Å². The summed E-state index contributed by atoms with van der Waals surface area (Å²) < 4.78 is 0. The zero-order valence-corrected chi connectivity index (χ0v) is 9.04. The molecule has 0 heterocycles. The number of benzene rings is 2. The highest BCUT2D eigenvalue weighted by Gasteiger charge is 1.93. The summed E-state index contributed by atoms with van der Waals surface area (Å²) in [6, 6.07) is 18.0. The topological polar surface area (TPSA) is 12.0 Å². The number of hydrogen-bond acceptors (Lipinski definition) is 1. The van der Waals surface area contributed by atoms with E-state index in [4.69, 9.17) is 11.6 Å². The molecule has 2 aromatic carbocycles. The zero-order chi connectivity index (χ0) is 10.5. The van der Waals surface area contributed by atoms with Gasteiger partial charge >= 0.3 is 0 Å². The minimum Gasteiger partial charge on any atom is -0.381 e. The summed E-state index contributed by atoms with van der Waals surface area (Å²) in [5.74, 6) is 0. The quantitative estimate of drug-likeness (QED) is 0.821. The van der Waals surface area contributed by atoms with Crippen LogP contribution in [-0.4, -0.2) is 0 Å². The molecule has 2 rings (SSSR count). The van der Waals surface area contributed by atoms with Crippen molar-refractivity contribution in [1.29, 1.82) is 0 Å². The molecule has 0 bridgehead atoms. The third-order valence-corrected chi connectivity index (χ3v) is 2.44. The van der Waals surface area contributed by atoms with Crippen LogP contribution in [0.5, 0.6) is 0 Å². The summed E-state index contributed by atoms with van der Waals surface area (Å²) in [5, 5.41) is 4.09. The first-order chi connectivity index (χ1) is 7.34. The van der Waals surface area contributed by atoms with Gasteiger partial charge in [-0.3, -0.25) is 0 Å².